The van der Waals surface area contributed by atoms with E-state index in [2.05, 4.69) is 39.1 Å². The summed E-state index contributed by atoms with van der Waals surface area (Å²) in [6.07, 6.45) is 4.28. The topological polar surface area (TPSA) is 28.7 Å². The smallest absolute Gasteiger partial charge is 0.0664 e. The Morgan fingerprint density at radius 3 is 3.21 bits per heavy atom. The van der Waals surface area contributed by atoms with Gasteiger partial charge in [-0.1, -0.05) is 6.92 Å². The van der Waals surface area contributed by atoms with E-state index in [0.717, 1.165) is 11.4 Å². The zero-order chi connectivity index (χ0) is 9.71. The quantitative estimate of drug-likeness (QED) is 0.765. The number of benzene rings is 1. The van der Waals surface area contributed by atoms with Crippen LogP contribution in [0.4, 0.5) is 0 Å². The number of nitrogens with one attached hydrogen (secondary N) is 1. The second-order valence-corrected chi connectivity index (χ2v) is 4.97. The molecule has 3 heteroatoms. The van der Waals surface area contributed by atoms with Gasteiger partial charge >= 0.3 is 0 Å². The summed E-state index contributed by atoms with van der Waals surface area (Å²) in [5, 5.41) is 8.30. The Morgan fingerprint density at radius 1 is 1.50 bits per heavy atom. The lowest BCUT2D eigenvalue weighted by molar-refractivity contribution is 0.627. The zero-order valence-electron chi connectivity index (χ0n) is 7.97. The van der Waals surface area contributed by atoms with Crippen molar-refractivity contribution in [3.05, 3.63) is 27.9 Å². The molecule has 2 nitrogen and oxygen atoms in total. The molecule has 14 heavy (non-hydrogen) atoms. The van der Waals surface area contributed by atoms with Crippen molar-refractivity contribution in [2.24, 2.45) is 5.92 Å². The van der Waals surface area contributed by atoms with Crippen molar-refractivity contribution in [3.8, 4) is 0 Å². The lowest BCUT2D eigenvalue weighted by Crippen LogP contribution is -1.89. The van der Waals surface area contributed by atoms with Gasteiger partial charge < -0.3 is 0 Å². The van der Waals surface area contributed by atoms with Crippen molar-refractivity contribution in [1.82, 2.24) is 10.2 Å². The van der Waals surface area contributed by atoms with Crippen molar-refractivity contribution in [1.29, 1.82) is 0 Å². The molecule has 1 aliphatic rings. The minimum atomic E-state index is 0.778. The van der Waals surface area contributed by atoms with Gasteiger partial charge in [0.05, 0.1) is 11.7 Å². The summed E-state index contributed by atoms with van der Waals surface area (Å²) in [6.45, 7) is 2.30. The summed E-state index contributed by atoms with van der Waals surface area (Å²) in [6, 6.07) is 2.24. The predicted molar refractivity (Wildman–Crippen MR) is 60.4 cm³/mol. The highest BCUT2D eigenvalue weighted by molar-refractivity contribution is 9.10. The van der Waals surface area contributed by atoms with Crippen LogP contribution in [0.15, 0.2) is 16.7 Å². The summed E-state index contributed by atoms with van der Waals surface area (Å²) in [5.41, 5.74) is 4.09. The minimum absolute atomic E-state index is 0.778. The van der Waals surface area contributed by atoms with Gasteiger partial charge in [0.1, 0.15) is 0 Å². The predicted octanol–water partition coefficient (Wildman–Crippen LogP) is 3.06. The van der Waals surface area contributed by atoms with Crippen LogP contribution in [0.5, 0.6) is 0 Å². The third-order valence-corrected chi connectivity index (χ3v) is 3.90. The molecule has 1 aliphatic carbocycles. The van der Waals surface area contributed by atoms with Gasteiger partial charge in [-0.05, 0) is 51.9 Å². The first-order chi connectivity index (χ1) is 6.75. The Hall–Kier alpha value is -0.830. The van der Waals surface area contributed by atoms with Crippen molar-refractivity contribution < 1.29 is 0 Å². The Labute approximate surface area is 90.8 Å². The maximum atomic E-state index is 4.07. The van der Waals surface area contributed by atoms with E-state index in [-0.39, 0.29) is 0 Å². The highest BCUT2D eigenvalue weighted by atomic mass is 79.9. The van der Waals surface area contributed by atoms with Crippen LogP contribution in [-0.2, 0) is 12.8 Å². The van der Waals surface area contributed by atoms with Gasteiger partial charge in [-0.2, -0.15) is 5.10 Å². The van der Waals surface area contributed by atoms with Crippen molar-refractivity contribution in [2.75, 3.05) is 0 Å². The fourth-order valence-corrected chi connectivity index (χ4v) is 3.08. The lowest BCUT2D eigenvalue weighted by Gasteiger charge is -2.02. The summed E-state index contributed by atoms with van der Waals surface area (Å²) >= 11 is 3.68. The number of halogens is 1. The molecule has 0 saturated heterocycles. The normalized spacial score (nSPS) is 20.3. The van der Waals surface area contributed by atoms with Crippen molar-refractivity contribution in [3.63, 3.8) is 0 Å². The molecule has 1 N–H and O–H groups in total. The van der Waals surface area contributed by atoms with Gasteiger partial charge in [0, 0.05) is 9.86 Å². The van der Waals surface area contributed by atoms with E-state index in [1.807, 2.05) is 6.20 Å². The molecule has 0 saturated carbocycles. The van der Waals surface area contributed by atoms with Gasteiger partial charge in [0.15, 0.2) is 0 Å². The summed E-state index contributed by atoms with van der Waals surface area (Å²) < 4.78 is 1.24. The van der Waals surface area contributed by atoms with Crippen LogP contribution < -0.4 is 0 Å². The van der Waals surface area contributed by atoms with E-state index in [1.165, 1.54) is 33.8 Å². The molecule has 1 heterocycles. The summed E-state index contributed by atoms with van der Waals surface area (Å²) in [5.74, 6) is 0.778. The molecule has 1 aromatic heterocycles. The summed E-state index contributed by atoms with van der Waals surface area (Å²) in [4.78, 5) is 0. The molecule has 3 rings (SSSR count). The van der Waals surface area contributed by atoms with Gasteiger partial charge in [0.25, 0.3) is 0 Å². The van der Waals surface area contributed by atoms with Crippen LogP contribution in [0.25, 0.3) is 10.9 Å². The first kappa shape index (κ1) is 8.48. The molecule has 0 fully saturated rings. The number of hydrogen-bond acceptors (Lipinski definition) is 1. The highest BCUT2D eigenvalue weighted by Crippen LogP contribution is 2.36. The van der Waals surface area contributed by atoms with Crippen LogP contribution in [0.2, 0.25) is 0 Å². The molecule has 1 aromatic carbocycles. The molecule has 0 aliphatic heterocycles. The number of nitrogens with zero attached hydrogens (tertiary/aromatic N) is 1. The Bertz CT molecular complexity index is 501. The summed E-state index contributed by atoms with van der Waals surface area (Å²) in [7, 11) is 0. The lowest BCUT2D eigenvalue weighted by atomic mass is 10.1. The second-order valence-electron chi connectivity index (χ2n) is 4.17. The van der Waals surface area contributed by atoms with E-state index < -0.39 is 0 Å². The SMILES string of the molecule is CC1Cc2cc3[nH]ncc3c(Br)c2C1. The standard InChI is InChI=1S/C11H11BrN2/c1-6-2-7-4-10-9(5-13-14-10)11(12)8(7)3-6/h4-6H,2-3H2,1H3,(H,13,14). The Kier molecular flexibility index (Phi) is 1.71. The van der Waals surface area contributed by atoms with Crippen LogP contribution in [0.3, 0.4) is 0 Å². The number of rotatable bonds is 0. The number of aromatic amines is 1. The molecular weight excluding hydrogens is 240 g/mol. The second kappa shape index (κ2) is 2.83. The fourth-order valence-electron chi connectivity index (χ4n) is 2.34. The number of hydrogen-bond donors (Lipinski definition) is 1. The van der Waals surface area contributed by atoms with Crippen LogP contribution in [-0.4, -0.2) is 10.2 Å². The third-order valence-electron chi connectivity index (χ3n) is 3.00. The van der Waals surface area contributed by atoms with Crippen LogP contribution in [0.1, 0.15) is 18.1 Å². The molecule has 2 aromatic rings. The van der Waals surface area contributed by atoms with E-state index in [4.69, 9.17) is 0 Å². The average molecular weight is 251 g/mol. The monoisotopic (exact) mass is 250 g/mol. The van der Waals surface area contributed by atoms with E-state index in [1.54, 1.807) is 0 Å². The van der Waals surface area contributed by atoms with Gasteiger partial charge in [0.2, 0.25) is 0 Å². The van der Waals surface area contributed by atoms with Gasteiger partial charge in [-0.25, -0.2) is 0 Å². The van der Waals surface area contributed by atoms with E-state index in [0.29, 0.717) is 0 Å². The van der Waals surface area contributed by atoms with Crippen molar-refractivity contribution in [2.45, 2.75) is 19.8 Å². The Balaban J connectivity index is 2.35. The van der Waals surface area contributed by atoms with E-state index >= 15 is 0 Å². The number of fused-ring (bicyclic) bond motifs is 2. The molecule has 0 spiro atoms. The first-order valence-electron chi connectivity index (χ1n) is 4.89. The zero-order valence-corrected chi connectivity index (χ0v) is 9.56. The molecule has 1 atom stereocenters. The minimum Gasteiger partial charge on any atom is -0.278 e. The largest absolute Gasteiger partial charge is 0.278 e. The molecular formula is C11H11BrN2. The maximum absolute atomic E-state index is 4.07. The molecule has 0 amide bonds. The first-order valence-corrected chi connectivity index (χ1v) is 5.68. The fraction of sp³-hybridized carbons (Fsp3) is 0.364. The molecule has 1 unspecified atom stereocenters. The van der Waals surface area contributed by atoms with E-state index in [9.17, 15) is 0 Å². The van der Waals surface area contributed by atoms with Crippen LogP contribution >= 0.6 is 15.9 Å². The number of H-pyrrole nitrogens is 1. The number of aromatic nitrogens is 2. The molecule has 0 radical (unpaired) electrons. The average Bonchev–Trinajstić information content (AvgIpc) is 2.71. The van der Waals surface area contributed by atoms with Gasteiger partial charge in [-0.15, -0.1) is 0 Å². The highest BCUT2D eigenvalue weighted by Gasteiger charge is 2.22. The third kappa shape index (κ3) is 1.05. The molecule has 0 bridgehead atoms. The maximum Gasteiger partial charge on any atom is 0.0664 e. The van der Waals surface area contributed by atoms with Crippen molar-refractivity contribution >= 4 is 26.8 Å². The van der Waals surface area contributed by atoms with Crippen LogP contribution in [0, 0.1) is 5.92 Å². The Morgan fingerprint density at radius 2 is 2.36 bits per heavy atom. The molecule has 72 valence electrons. The van der Waals surface area contributed by atoms with Gasteiger partial charge in [-0.3, -0.25) is 5.10 Å².